The molecular weight excluding hydrogens is 292 g/mol. The summed E-state index contributed by atoms with van der Waals surface area (Å²) in [7, 11) is 0. The zero-order valence-electron chi connectivity index (χ0n) is 12.8. The monoisotopic (exact) mass is 316 g/mol. The van der Waals surface area contributed by atoms with Crippen LogP contribution in [0.2, 0.25) is 0 Å². The molecule has 0 saturated carbocycles. The van der Waals surface area contributed by atoms with Crippen molar-refractivity contribution in [1.82, 2.24) is 14.1 Å². The molecule has 0 aromatic carbocycles. The molecule has 21 heavy (non-hydrogen) atoms. The van der Waals surface area contributed by atoms with Gasteiger partial charge < -0.3 is 19.5 Å². The number of nitrogens with one attached hydrogen (secondary N) is 1. The van der Waals surface area contributed by atoms with Crippen molar-refractivity contribution < 1.29 is 14.6 Å². The molecule has 2 N–H and O–H groups in total. The summed E-state index contributed by atoms with van der Waals surface area (Å²) < 4.78 is 19.5. The molecule has 0 unspecified atom stereocenters. The minimum Gasteiger partial charge on any atom is -0.474 e. The van der Waals surface area contributed by atoms with Crippen LogP contribution in [0.3, 0.4) is 0 Å². The Morgan fingerprint density at radius 3 is 2.76 bits per heavy atom. The van der Waals surface area contributed by atoms with Gasteiger partial charge in [-0.05, 0) is 20.8 Å². The van der Waals surface area contributed by atoms with E-state index < -0.39 is 6.23 Å². The van der Waals surface area contributed by atoms with Crippen LogP contribution in [0.15, 0.2) is 0 Å². The van der Waals surface area contributed by atoms with Crippen LogP contribution in [0.5, 0.6) is 5.88 Å². The van der Waals surface area contributed by atoms with Crippen LogP contribution in [-0.4, -0.2) is 58.5 Å². The lowest BCUT2D eigenvalue weighted by molar-refractivity contribution is 0.0816. The molecule has 1 saturated heterocycles. The van der Waals surface area contributed by atoms with E-state index in [4.69, 9.17) is 9.47 Å². The Kier molecular flexibility index (Phi) is 5.74. The number of aliphatic hydroxyl groups excluding tert-OH is 1. The largest absolute Gasteiger partial charge is 0.474 e. The van der Waals surface area contributed by atoms with E-state index in [1.807, 2.05) is 20.8 Å². The first-order valence-corrected chi connectivity index (χ1v) is 7.92. The van der Waals surface area contributed by atoms with E-state index in [2.05, 4.69) is 19.0 Å². The van der Waals surface area contributed by atoms with E-state index >= 15 is 0 Å². The number of anilines is 1. The third-order valence-electron chi connectivity index (χ3n) is 2.98. The van der Waals surface area contributed by atoms with Crippen molar-refractivity contribution in [2.75, 3.05) is 37.8 Å². The van der Waals surface area contributed by atoms with Gasteiger partial charge in [0.15, 0.2) is 0 Å². The zero-order chi connectivity index (χ0) is 15.3. The minimum absolute atomic E-state index is 0.124. The molecule has 120 valence electrons. The smallest absolute Gasteiger partial charge is 0.270 e. The molecule has 8 heteroatoms. The molecule has 7 nitrogen and oxygen atoms in total. The third kappa shape index (κ3) is 5.39. The normalized spacial score (nSPS) is 17.8. The lowest BCUT2D eigenvalue weighted by Gasteiger charge is -2.27. The average molecular weight is 316 g/mol. The summed E-state index contributed by atoms with van der Waals surface area (Å²) in [6.07, 6.45) is -0.0967. The quantitative estimate of drug-likeness (QED) is 0.753. The summed E-state index contributed by atoms with van der Waals surface area (Å²) in [5.74, 6) is 1.33. The Morgan fingerprint density at radius 2 is 2.10 bits per heavy atom. The lowest BCUT2D eigenvalue weighted by atomic mass is 10.1. The molecule has 0 bridgehead atoms. The highest BCUT2D eigenvalue weighted by atomic mass is 32.1. The number of hydrogen-bond donors (Lipinski definition) is 2. The fourth-order valence-electron chi connectivity index (χ4n) is 2.07. The van der Waals surface area contributed by atoms with Gasteiger partial charge in [-0.2, -0.15) is 4.37 Å². The number of morpholine rings is 1. The maximum atomic E-state index is 9.88. The topological polar surface area (TPSA) is 79.7 Å². The molecule has 1 atom stereocenters. The number of hydrogen-bond acceptors (Lipinski definition) is 8. The van der Waals surface area contributed by atoms with E-state index in [1.165, 1.54) is 0 Å². The number of rotatable bonds is 6. The van der Waals surface area contributed by atoms with Gasteiger partial charge in [-0.3, -0.25) is 5.32 Å². The summed E-state index contributed by atoms with van der Waals surface area (Å²) >= 11 is 1.14. The molecule has 2 heterocycles. The van der Waals surface area contributed by atoms with E-state index in [0.29, 0.717) is 32.1 Å². The molecule has 1 aromatic heterocycles. The standard InChI is InChI=1S/C13H24N4O3S/c1-13(2,3)14-10(18)4-7-20-12-11(15-21-16-12)17-5-8-19-9-6-17/h10,14,18H,4-9H2,1-3H3/t10-/m0/s1. The molecule has 0 aliphatic carbocycles. The van der Waals surface area contributed by atoms with Gasteiger partial charge in [-0.25, -0.2) is 0 Å². The Morgan fingerprint density at radius 1 is 1.38 bits per heavy atom. The molecule has 1 aromatic rings. The van der Waals surface area contributed by atoms with Crippen molar-refractivity contribution in [3.05, 3.63) is 0 Å². The van der Waals surface area contributed by atoms with E-state index in [-0.39, 0.29) is 5.54 Å². The number of ether oxygens (including phenoxy) is 2. The predicted molar refractivity (Wildman–Crippen MR) is 81.9 cm³/mol. The van der Waals surface area contributed by atoms with Crippen LogP contribution in [-0.2, 0) is 4.74 Å². The number of nitrogens with zero attached hydrogens (tertiary/aromatic N) is 3. The predicted octanol–water partition coefficient (Wildman–Crippen LogP) is 0.850. The maximum absolute atomic E-state index is 9.88. The first-order chi connectivity index (χ1) is 9.96. The summed E-state index contributed by atoms with van der Waals surface area (Å²) in [4.78, 5) is 2.12. The summed E-state index contributed by atoms with van der Waals surface area (Å²) in [6.45, 7) is 9.43. The lowest BCUT2D eigenvalue weighted by Crippen LogP contribution is -2.44. The van der Waals surface area contributed by atoms with Crippen molar-refractivity contribution in [2.24, 2.45) is 0 Å². The van der Waals surface area contributed by atoms with Crippen LogP contribution in [0.1, 0.15) is 27.2 Å². The SMILES string of the molecule is CC(C)(C)N[C@@H](O)CCOc1nsnc1N1CCOCC1. The van der Waals surface area contributed by atoms with Crippen molar-refractivity contribution in [2.45, 2.75) is 39.0 Å². The molecular formula is C13H24N4O3S. The second-order valence-electron chi connectivity index (χ2n) is 6.04. The number of aliphatic hydroxyl groups is 1. The summed E-state index contributed by atoms with van der Waals surface area (Å²) in [5.41, 5.74) is -0.124. The Hall–Kier alpha value is -0.960. The van der Waals surface area contributed by atoms with Crippen molar-refractivity contribution in [3.8, 4) is 5.88 Å². The summed E-state index contributed by atoms with van der Waals surface area (Å²) in [5, 5.41) is 13.0. The Labute approximate surface area is 129 Å². The van der Waals surface area contributed by atoms with Crippen molar-refractivity contribution >= 4 is 17.5 Å². The molecule has 0 amide bonds. The van der Waals surface area contributed by atoms with Gasteiger partial charge in [0.2, 0.25) is 5.82 Å². The molecule has 1 aliphatic rings. The van der Waals surface area contributed by atoms with Crippen LogP contribution >= 0.6 is 11.7 Å². The molecule has 1 aliphatic heterocycles. The first kappa shape index (κ1) is 16.4. The molecule has 2 rings (SSSR count). The minimum atomic E-state index is -0.594. The Bertz CT molecular complexity index is 429. The van der Waals surface area contributed by atoms with Gasteiger partial charge in [0.1, 0.15) is 6.23 Å². The van der Waals surface area contributed by atoms with Gasteiger partial charge in [0.05, 0.1) is 31.5 Å². The van der Waals surface area contributed by atoms with Crippen LogP contribution < -0.4 is 15.0 Å². The first-order valence-electron chi connectivity index (χ1n) is 7.19. The van der Waals surface area contributed by atoms with Gasteiger partial charge in [-0.1, -0.05) is 0 Å². The van der Waals surface area contributed by atoms with Crippen LogP contribution in [0, 0.1) is 0 Å². The highest BCUT2D eigenvalue weighted by Crippen LogP contribution is 2.26. The Balaban J connectivity index is 1.80. The summed E-state index contributed by atoms with van der Waals surface area (Å²) in [6, 6.07) is 0. The maximum Gasteiger partial charge on any atom is 0.270 e. The molecule has 0 spiro atoms. The van der Waals surface area contributed by atoms with Crippen LogP contribution in [0.25, 0.3) is 0 Å². The zero-order valence-corrected chi connectivity index (χ0v) is 13.7. The van der Waals surface area contributed by atoms with E-state index in [9.17, 15) is 5.11 Å². The molecule has 1 fully saturated rings. The van der Waals surface area contributed by atoms with E-state index in [0.717, 1.165) is 30.6 Å². The highest BCUT2D eigenvalue weighted by Gasteiger charge is 2.20. The highest BCUT2D eigenvalue weighted by molar-refractivity contribution is 6.99. The van der Waals surface area contributed by atoms with Crippen molar-refractivity contribution in [3.63, 3.8) is 0 Å². The van der Waals surface area contributed by atoms with Gasteiger partial charge in [-0.15, -0.1) is 4.37 Å². The fraction of sp³-hybridized carbons (Fsp3) is 0.846. The number of aromatic nitrogens is 2. The fourth-order valence-corrected chi connectivity index (χ4v) is 2.59. The third-order valence-corrected chi connectivity index (χ3v) is 3.48. The van der Waals surface area contributed by atoms with Crippen molar-refractivity contribution in [1.29, 1.82) is 0 Å². The van der Waals surface area contributed by atoms with E-state index in [1.54, 1.807) is 0 Å². The average Bonchev–Trinajstić information content (AvgIpc) is 2.86. The van der Waals surface area contributed by atoms with Crippen LogP contribution in [0.4, 0.5) is 5.82 Å². The second-order valence-corrected chi connectivity index (χ2v) is 6.57. The molecule has 0 radical (unpaired) electrons. The van der Waals surface area contributed by atoms with Gasteiger partial charge >= 0.3 is 0 Å². The van der Waals surface area contributed by atoms with Gasteiger partial charge in [0.25, 0.3) is 5.88 Å². The second kappa shape index (κ2) is 7.35. The van der Waals surface area contributed by atoms with Gasteiger partial charge in [0, 0.05) is 25.0 Å².